The molecule has 0 aliphatic heterocycles. The van der Waals surface area contributed by atoms with Crippen LogP contribution in [0.4, 0.5) is 0 Å². The summed E-state index contributed by atoms with van der Waals surface area (Å²) in [6.07, 6.45) is 20.2. The number of fused-ring (bicyclic) bond motifs is 4. The standard InChI is InChI=1S/C28H28N2O/c1-3-24-23-18-21(2)20-28(24,25-15-16-27(31)30-26(25)19-23)29-17-11-6-4-5-8-12-22-13-9-7-10-14-22/h3-18,23H,19-20H2,1-2H3,(H,30,31)/t23-,28+/m0/s1. The van der Waals surface area contributed by atoms with E-state index in [1.165, 1.54) is 16.7 Å². The Labute approximate surface area is 184 Å². The van der Waals surface area contributed by atoms with Crippen molar-refractivity contribution in [3.8, 4) is 0 Å². The average Bonchev–Trinajstić information content (AvgIpc) is 2.75. The van der Waals surface area contributed by atoms with Gasteiger partial charge in [0.2, 0.25) is 5.56 Å². The molecule has 2 aliphatic rings. The SMILES string of the molecule is CC=C1[C@H]2C=C(C)C[C@]1(N=CC=CC=CC=Cc1ccccc1)c1ccc(=O)[nH]c1C2. The third-order valence-corrected chi connectivity index (χ3v) is 5.99. The van der Waals surface area contributed by atoms with E-state index in [9.17, 15) is 4.79 Å². The van der Waals surface area contributed by atoms with Crippen LogP contribution in [0, 0.1) is 5.92 Å². The van der Waals surface area contributed by atoms with Gasteiger partial charge in [0.25, 0.3) is 0 Å². The number of rotatable bonds is 5. The van der Waals surface area contributed by atoms with Crippen molar-refractivity contribution in [2.45, 2.75) is 32.2 Å². The Morgan fingerprint density at radius 2 is 1.81 bits per heavy atom. The molecule has 1 aromatic carbocycles. The van der Waals surface area contributed by atoms with E-state index < -0.39 is 5.54 Å². The lowest BCUT2D eigenvalue weighted by molar-refractivity contribution is 0.413. The molecule has 156 valence electrons. The number of nitrogens with one attached hydrogen (secondary N) is 1. The summed E-state index contributed by atoms with van der Waals surface area (Å²) in [7, 11) is 0. The number of aliphatic imine (C=N–C) groups is 1. The molecule has 2 bridgehead atoms. The molecule has 0 radical (unpaired) electrons. The van der Waals surface area contributed by atoms with Crippen molar-refractivity contribution in [1.29, 1.82) is 0 Å². The topological polar surface area (TPSA) is 45.2 Å². The van der Waals surface area contributed by atoms with E-state index in [2.05, 4.69) is 49.2 Å². The fourth-order valence-electron chi connectivity index (χ4n) is 4.80. The molecule has 1 N–H and O–H groups in total. The van der Waals surface area contributed by atoms with Crippen molar-refractivity contribution in [3.05, 3.63) is 123 Å². The van der Waals surface area contributed by atoms with Gasteiger partial charge in [0, 0.05) is 35.9 Å². The minimum absolute atomic E-state index is 0.0471. The number of hydrogen-bond acceptors (Lipinski definition) is 2. The summed E-state index contributed by atoms with van der Waals surface area (Å²) in [6, 6.07) is 13.8. The molecule has 4 rings (SSSR count). The molecule has 0 saturated carbocycles. The van der Waals surface area contributed by atoms with Crippen LogP contribution < -0.4 is 5.56 Å². The molecule has 31 heavy (non-hydrogen) atoms. The van der Waals surface area contributed by atoms with Crippen LogP contribution in [0.2, 0.25) is 0 Å². The van der Waals surface area contributed by atoms with Gasteiger partial charge in [0.15, 0.2) is 0 Å². The van der Waals surface area contributed by atoms with Crippen LogP contribution in [0.25, 0.3) is 6.08 Å². The van der Waals surface area contributed by atoms with Crippen LogP contribution in [0.1, 0.15) is 37.1 Å². The van der Waals surface area contributed by atoms with Gasteiger partial charge in [-0.2, -0.15) is 0 Å². The summed E-state index contributed by atoms with van der Waals surface area (Å²) in [5.74, 6) is 0.286. The molecular formula is C28H28N2O. The first-order valence-electron chi connectivity index (χ1n) is 10.8. The number of H-pyrrole nitrogens is 1. The predicted molar refractivity (Wildman–Crippen MR) is 130 cm³/mol. The van der Waals surface area contributed by atoms with E-state index in [0.29, 0.717) is 0 Å². The quantitative estimate of drug-likeness (QED) is 0.372. The molecule has 0 saturated heterocycles. The summed E-state index contributed by atoms with van der Waals surface area (Å²) in [6.45, 7) is 4.27. The highest BCUT2D eigenvalue weighted by Gasteiger charge is 2.46. The zero-order valence-electron chi connectivity index (χ0n) is 18.1. The average molecular weight is 409 g/mol. The Morgan fingerprint density at radius 1 is 1.03 bits per heavy atom. The molecule has 2 atom stereocenters. The van der Waals surface area contributed by atoms with Gasteiger partial charge in [-0.3, -0.25) is 9.79 Å². The number of nitrogens with zero attached hydrogens (tertiary/aromatic N) is 1. The summed E-state index contributed by atoms with van der Waals surface area (Å²) in [5.41, 5.74) is 5.50. The highest BCUT2D eigenvalue weighted by Crippen LogP contribution is 2.51. The number of aromatic nitrogens is 1. The number of allylic oxidation sites excluding steroid dienone is 7. The van der Waals surface area contributed by atoms with Crippen molar-refractivity contribution in [3.63, 3.8) is 0 Å². The third-order valence-electron chi connectivity index (χ3n) is 5.99. The van der Waals surface area contributed by atoms with Gasteiger partial charge in [-0.1, -0.05) is 78.4 Å². The molecule has 3 nitrogen and oxygen atoms in total. The second kappa shape index (κ2) is 9.13. The normalized spacial score (nSPS) is 24.5. The Bertz CT molecular complexity index is 1170. The summed E-state index contributed by atoms with van der Waals surface area (Å²) in [4.78, 5) is 20.0. The predicted octanol–water partition coefficient (Wildman–Crippen LogP) is 5.94. The number of aromatic amines is 1. The summed E-state index contributed by atoms with van der Waals surface area (Å²) >= 11 is 0. The van der Waals surface area contributed by atoms with Crippen molar-refractivity contribution in [2.24, 2.45) is 10.9 Å². The Morgan fingerprint density at radius 3 is 2.61 bits per heavy atom. The second-order valence-corrected chi connectivity index (χ2v) is 8.14. The van der Waals surface area contributed by atoms with Crippen LogP contribution in [0.15, 0.2) is 106 Å². The molecule has 0 fully saturated rings. The highest BCUT2D eigenvalue weighted by molar-refractivity contribution is 5.73. The van der Waals surface area contributed by atoms with Gasteiger partial charge in [-0.15, -0.1) is 0 Å². The Hall–Kier alpha value is -3.46. The fraction of sp³-hybridized carbons (Fsp3) is 0.214. The Kier molecular flexibility index (Phi) is 6.13. The van der Waals surface area contributed by atoms with E-state index in [1.807, 2.05) is 60.9 Å². The lowest BCUT2D eigenvalue weighted by atomic mass is 9.63. The maximum Gasteiger partial charge on any atom is 0.248 e. The number of hydrogen-bond donors (Lipinski definition) is 1. The van der Waals surface area contributed by atoms with E-state index in [1.54, 1.807) is 6.07 Å². The second-order valence-electron chi connectivity index (χ2n) is 8.14. The van der Waals surface area contributed by atoms with Gasteiger partial charge in [-0.25, -0.2) is 0 Å². The molecule has 0 spiro atoms. The summed E-state index contributed by atoms with van der Waals surface area (Å²) < 4.78 is 0. The van der Waals surface area contributed by atoms with Crippen LogP contribution >= 0.6 is 0 Å². The first-order valence-corrected chi connectivity index (χ1v) is 10.8. The first-order chi connectivity index (χ1) is 15.1. The van der Waals surface area contributed by atoms with Crippen molar-refractivity contribution in [2.75, 3.05) is 0 Å². The summed E-state index contributed by atoms with van der Waals surface area (Å²) in [5, 5.41) is 0. The molecule has 2 aliphatic carbocycles. The molecule has 0 amide bonds. The fourth-order valence-corrected chi connectivity index (χ4v) is 4.80. The maximum atomic E-state index is 11.9. The van der Waals surface area contributed by atoms with Gasteiger partial charge < -0.3 is 4.98 Å². The van der Waals surface area contributed by atoms with E-state index in [-0.39, 0.29) is 11.5 Å². The van der Waals surface area contributed by atoms with Gasteiger partial charge in [0.1, 0.15) is 5.54 Å². The zero-order chi connectivity index (χ0) is 21.7. The monoisotopic (exact) mass is 408 g/mol. The lowest BCUT2D eigenvalue weighted by Gasteiger charge is -2.45. The number of benzene rings is 1. The molecule has 2 aromatic rings. The maximum absolute atomic E-state index is 11.9. The Balaban J connectivity index is 1.56. The highest BCUT2D eigenvalue weighted by atomic mass is 16.1. The lowest BCUT2D eigenvalue weighted by Crippen LogP contribution is -2.40. The largest absolute Gasteiger partial charge is 0.326 e. The van der Waals surface area contributed by atoms with Crippen molar-refractivity contribution < 1.29 is 0 Å². The van der Waals surface area contributed by atoms with Crippen LogP contribution in [-0.4, -0.2) is 11.2 Å². The van der Waals surface area contributed by atoms with Gasteiger partial charge >= 0.3 is 0 Å². The minimum Gasteiger partial charge on any atom is -0.326 e. The van der Waals surface area contributed by atoms with E-state index >= 15 is 0 Å². The molecular weight excluding hydrogens is 380 g/mol. The third kappa shape index (κ3) is 4.36. The van der Waals surface area contributed by atoms with E-state index in [0.717, 1.165) is 24.1 Å². The van der Waals surface area contributed by atoms with Crippen molar-refractivity contribution >= 4 is 12.3 Å². The van der Waals surface area contributed by atoms with Crippen LogP contribution in [0.5, 0.6) is 0 Å². The van der Waals surface area contributed by atoms with Crippen LogP contribution in [-0.2, 0) is 12.0 Å². The van der Waals surface area contributed by atoms with E-state index in [4.69, 9.17) is 4.99 Å². The zero-order valence-corrected chi connectivity index (χ0v) is 18.1. The molecule has 1 aromatic heterocycles. The molecule has 0 unspecified atom stereocenters. The molecule has 1 heterocycles. The minimum atomic E-state index is -0.433. The van der Waals surface area contributed by atoms with Crippen molar-refractivity contribution in [1.82, 2.24) is 4.98 Å². The number of pyridine rings is 1. The first kappa shape index (κ1) is 20.8. The smallest absolute Gasteiger partial charge is 0.248 e. The molecule has 3 heteroatoms. The van der Waals surface area contributed by atoms with Gasteiger partial charge in [0.05, 0.1) is 0 Å². The van der Waals surface area contributed by atoms with Crippen LogP contribution in [0.3, 0.4) is 0 Å². The van der Waals surface area contributed by atoms with Gasteiger partial charge in [-0.05, 0) is 43.5 Å².